The molecule has 4 N–H and O–H groups in total. The number of nitrogens with zero attached hydrogens (tertiary/aromatic N) is 2. The Morgan fingerprint density at radius 1 is 1.26 bits per heavy atom. The van der Waals surface area contributed by atoms with Gasteiger partial charge in [0.1, 0.15) is 11.9 Å². The lowest BCUT2D eigenvalue weighted by atomic mass is 10.1. The molecule has 2 heterocycles. The highest BCUT2D eigenvalue weighted by Gasteiger charge is 2.43. The summed E-state index contributed by atoms with van der Waals surface area (Å²) in [6.07, 6.45) is -2.35. The third-order valence-electron chi connectivity index (χ3n) is 6.11. The topological polar surface area (TPSA) is 146 Å². The van der Waals surface area contributed by atoms with Crippen LogP contribution < -0.4 is 15.2 Å². The number of halogens is 4. The summed E-state index contributed by atoms with van der Waals surface area (Å²) in [5.74, 6) is -1.68. The van der Waals surface area contributed by atoms with Crippen molar-refractivity contribution in [1.82, 2.24) is 9.55 Å². The van der Waals surface area contributed by atoms with E-state index in [4.69, 9.17) is 5.14 Å². The van der Waals surface area contributed by atoms with Gasteiger partial charge in [0.15, 0.2) is 5.78 Å². The zero-order chi connectivity index (χ0) is 28.4. The molecular formula is C24H24F4N4O6S. The van der Waals surface area contributed by atoms with Crippen LogP contribution in [0.1, 0.15) is 27.9 Å². The van der Waals surface area contributed by atoms with Gasteiger partial charge < -0.3 is 19.7 Å². The molecule has 4 atom stereocenters. The number of nitrogens with two attached hydrogens (primary N) is 1. The summed E-state index contributed by atoms with van der Waals surface area (Å²) in [6, 6.07) is 7.47. The maximum absolute atomic E-state index is 14.8. The fourth-order valence-corrected chi connectivity index (χ4v) is 4.73. The Kier molecular flexibility index (Phi) is 8.25. The lowest BCUT2D eigenvalue weighted by Gasteiger charge is -2.19. The van der Waals surface area contributed by atoms with Gasteiger partial charge in [-0.05, 0) is 36.2 Å². The molecule has 0 aliphatic heterocycles. The maximum Gasteiger partial charge on any atom is 0.573 e. The first kappa shape index (κ1) is 28.5. The summed E-state index contributed by atoms with van der Waals surface area (Å²) in [4.78, 5) is 17.2. The zero-order valence-electron chi connectivity index (χ0n) is 20.1. The standard InChI is InChI=1S/C24H24F4N4O6S/c25-21-20(9-16(23(21)34)13-37-39(29,35)36)31-19-4-6-30-10-18(19)22(33)15-5-7-32(12-15)11-14-2-1-3-17(8-14)38-24(26,27)28/h1-8,10,12,16,20-21,23,34H,9,11,13H2,(H,30,31)(H2,29,35,36). The normalized spacial score (nSPS) is 21.6. The number of rotatable bonds is 10. The molecule has 3 aromatic rings. The molecule has 39 heavy (non-hydrogen) atoms. The molecule has 0 amide bonds. The summed E-state index contributed by atoms with van der Waals surface area (Å²) in [6.45, 7) is -0.342. The van der Waals surface area contributed by atoms with Crippen molar-refractivity contribution in [2.24, 2.45) is 11.1 Å². The Labute approximate surface area is 220 Å². The molecule has 10 nitrogen and oxygen atoms in total. The van der Waals surface area contributed by atoms with Crippen molar-refractivity contribution in [1.29, 1.82) is 0 Å². The summed E-state index contributed by atoms with van der Waals surface area (Å²) < 4.78 is 84.5. The lowest BCUT2D eigenvalue weighted by molar-refractivity contribution is -0.274. The average Bonchev–Trinajstić information content (AvgIpc) is 3.41. The molecule has 1 aliphatic carbocycles. The first-order valence-corrected chi connectivity index (χ1v) is 13.0. The molecule has 0 radical (unpaired) electrons. The molecule has 0 spiro atoms. The van der Waals surface area contributed by atoms with E-state index in [0.29, 0.717) is 5.56 Å². The molecule has 1 fully saturated rings. The first-order chi connectivity index (χ1) is 18.3. The number of pyridine rings is 1. The third kappa shape index (κ3) is 7.53. The average molecular weight is 573 g/mol. The summed E-state index contributed by atoms with van der Waals surface area (Å²) in [7, 11) is -4.27. The van der Waals surface area contributed by atoms with E-state index in [1.54, 1.807) is 16.8 Å². The fraction of sp³-hybridized carbons (Fsp3) is 0.333. The quantitative estimate of drug-likeness (QED) is 0.248. The molecule has 15 heteroatoms. The van der Waals surface area contributed by atoms with Crippen molar-refractivity contribution in [2.45, 2.75) is 37.6 Å². The Morgan fingerprint density at radius 3 is 2.74 bits per heavy atom. The van der Waals surface area contributed by atoms with Crippen LogP contribution in [0.15, 0.2) is 61.2 Å². The number of aliphatic hydroxyl groups excluding tert-OH is 1. The Morgan fingerprint density at radius 2 is 2.03 bits per heavy atom. The Balaban J connectivity index is 1.46. The van der Waals surface area contributed by atoms with Crippen molar-refractivity contribution in [3.63, 3.8) is 0 Å². The maximum atomic E-state index is 14.8. The molecular weight excluding hydrogens is 548 g/mol. The molecule has 4 unspecified atom stereocenters. The number of ketones is 1. The van der Waals surface area contributed by atoms with Gasteiger partial charge in [-0.25, -0.2) is 9.53 Å². The van der Waals surface area contributed by atoms with Crippen molar-refractivity contribution >= 4 is 21.8 Å². The number of benzene rings is 1. The second-order valence-electron chi connectivity index (χ2n) is 8.98. The van der Waals surface area contributed by atoms with Gasteiger partial charge in [0.25, 0.3) is 0 Å². The van der Waals surface area contributed by atoms with Crippen molar-refractivity contribution in [3.05, 3.63) is 77.9 Å². The summed E-state index contributed by atoms with van der Waals surface area (Å²) in [5, 5.41) is 17.9. The zero-order valence-corrected chi connectivity index (χ0v) is 20.9. The van der Waals surface area contributed by atoms with Crippen molar-refractivity contribution in [3.8, 4) is 5.75 Å². The molecule has 2 aromatic heterocycles. The van der Waals surface area contributed by atoms with Crippen LogP contribution >= 0.6 is 0 Å². The van der Waals surface area contributed by atoms with E-state index in [-0.39, 0.29) is 35.5 Å². The van der Waals surface area contributed by atoms with Crippen LogP contribution in [-0.4, -0.2) is 60.1 Å². The van der Waals surface area contributed by atoms with E-state index in [1.807, 2.05) is 0 Å². The highest BCUT2D eigenvalue weighted by atomic mass is 32.2. The number of aromatic nitrogens is 2. The number of carbonyl (C=O) groups is 1. The lowest BCUT2D eigenvalue weighted by Crippen LogP contribution is -2.32. The summed E-state index contributed by atoms with van der Waals surface area (Å²) >= 11 is 0. The number of carbonyl (C=O) groups excluding carboxylic acids is 1. The third-order valence-corrected chi connectivity index (χ3v) is 6.58. The molecule has 210 valence electrons. The highest BCUT2D eigenvalue weighted by molar-refractivity contribution is 7.84. The number of anilines is 1. The Bertz CT molecular complexity index is 1430. The number of hydrogen-bond donors (Lipinski definition) is 3. The highest BCUT2D eigenvalue weighted by Crippen LogP contribution is 2.33. The monoisotopic (exact) mass is 572 g/mol. The van der Waals surface area contributed by atoms with Crippen LogP contribution in [-0.2, 0) is 21.0 Å². The van der Waals surface area contributed by atoms with Gasteiger partial charge in [0.05, 0.1) is 24.3 Å². The van der Waals surface area contributed by atoms with Crippen molar-refractivity contribution < 1.29 is 44.8 Å². The SMILES string of the molecule is NS(=O)(=O)OCC1CC(Nc2ccncc2C(=O)c2ccn(Cc3cccc(OC(F)(F)F)c3)c2)C(F)C1O. The summed E-state index contributed by atoms with van der Waals surface area (Å²) in [5.41, 5.74) is 1.11. The van der Waals surface area contributed by atoms with E-state index < -0.39 is 53.3 Å². The van der Waals surface area contributed by atoms with E-state index in [2.05, 4.69) is 19.2 Å². The van der Waals surface area contributed by atoms with Crippen LogP contribution in [0.5, 0.6) is 5.75 Å². The number of nitrogens with one attached hydrogen (secondary N) is 1. The second kappa shape index (κ2) is 11.3. The smallest absolute Gasteiger partial charge is 0.406 e. The molecule has 0 bridgehead atoms. The van der Waals surface area contributed by atoms with Gasteiger partial charge in [-0.2, -0.15) is 8.42 Å². The minimum atomic E-state index is -4.82. The van der Waals surface area contributed by atoms with Crippen LogP contribution in [0.4, 0.5) is 23.2 Å². The van der Waals surface area contributed by atoms with Gasteiger partial charge >= 0.3 is 16.7 Å². The largest absolute Gasteiger partial charge is 0.573 e. The van der Waals surface area contributed by atoms with E-state index in [0.717, 1.165) is 0 Å². The fourth-order valence-electron chi connectivity index (χ4n) is 4.36. The van der Waals surface area contributed by atoms with Gasteiger partial charge in [-0.3, -0.25) is 14.0 Å². The van der Waals surface area contributed by atoms with E-state index >= 15 is 0 Å². The van der Waals surface area contributed by atoms with Gasteiger partial charge in [-0.15, -0.1) is 13.2 Å². The minimum Gasteiger partial charge on any atom is -0.406 e. The van der Waals surface area contributed by atoms with Gasteiger partial charge in [-0.1, -0.05) is 12.1 Å². The van der Waals surface area contributed by atoms with Gasteiger partial charge in [0.2, 0.25) is 0 Å². The van der Waals surface area contributed by atoms with E-state index in [9.17, 15) is 35.9 Å². The predicted octanol–water partition coefficient (Wildman–Crippen LogP) is 2.78. The number of aliphatic hydroxyl groups is 1. The second-order valence-corrected chi connectivity index (χ2v) is 10.2. The minimum absolute atomic E-state index is 0.00129. The first-order valence-electron chi connectivity index (χ1n) is 11.5. The number of ether oxygens (including phenoxy) is 1. The van der Waals surface area contributed by atoms with Crippen LogP contribution in [0, 0.1) is 5.92 Å². The molecule has 1 aromatic carbocycles. The number of alkyl halides is 4. The van der Waals surface area contributed by atoms with E-state index in [1.165, 1.54) is 48.9 Å². The molecule has 0 saturated heterocycles. The van der Waals surface area contributed by atoms with Crippen LogP contribution in [0.25, 0.3) is 0 Å². The van der Waals surface area contributed by atoms with Crippen molar-refractivity contribution in [2.75, 3.05) is 11.9 Å². The predicted molar refractivity (Wildman–Crippen MR) is 130 cm³/mol. The van der Waals surface area contributed by atoms with Crippen LogP contribution in [0.3, 0.4) is 0 Å². The van der Waals surface area contributed by atoms with Crippen LogP contribution in [0.2, 0.25) is 0 Å². The van der Waals surface area contributed by atoms with Gasteiger partial charge in [0, 0.05) is 48.5 Å². The Hall–Kier alpha value is -3.53. The number of hydrogen-bond acceptors (Lipinski definition) is 8. The molecule has 1 aliphatic rings. The molecule has 4 rings (SSSR count). The molecule has 1 saturated carbocycles.